The summed E-state index contributed by atoms with van der Waals surface area (Å²) in [5.41, 5.74) is 6.16. The SMILES string of the molecule is CC(CS(C)(=O)=O)NC(=O)c1cnc(N)c2ccccc12. The number of nitrogens with zero attached hydrogens (tertiary/aromatic N) is 1. The van der Waals surface area contributed by atoms with Crippen molar-refractivity contribution in [2.24, 2.45) is 0 Å². The van der Waals surface area contributed by atoms with Gasteiger partial charge in [0.1, 0.15) is 15.7 Å². The zero-order valence-corrected chi connectivity index (χ0v) is 12.6. The van der Waals surface area contributed by atoms with Crippen molar-refractivity contribution in [1.29, 1.82) is 0 Å². The highest BCUT2D eigenvalue weighted by Gasteiger charge is 2.17. The molecule has 1 amide bonds. The second kappa shape index (κ2) is 5.69. The van der Waals surface area contributed by atoms with Crippen molar-refractivity contribution in [2.45, 2.75) is 13.0 Å². The zero-order valence-electron chi connectivity index (χ0n) is 11.8. The predicted octanol–water partition coefficient (Wildman–Crippen LogP) is 0.980. The molecule has 0 aliphatic rings. The first-order chi connectivity index (χ1) is 9.78. The van der Waals surface area contributed by atoms with Crippen molar-refractivity contribution in [3.63, 3.8) is 0 Å². The number of aromatic nitrogens is 1. The number of nitrogen functional groups attached to an aromatic ring is 1. The number of carbonyl (C=O) groups excluding carboxylic acids is 1. The molecule has 0 aliphatic heterocycles. The molecule has 0 fully saturated rings. The third-order valence-corrected chi connectivity index (χ3v) is 4.11. The summed E-state index contributed by atoms with van der Waals surface area (Å²) < 4.78 is 22.5. The van der Waals surface area contributed by atoms with E-state index in [1.54, 1.807) is 25.1 Å². The largest absolute Gasteiger partial charge is 0.383 e. The minimum Gasteiger partial charge on any atom is -0.383 e. The summed E-state index contributed by atoms with van der Waals surface area (Å²) in [6, 6.07) is 6.70. The molecule has 7 heteroatoms. The summed E-state index contributed by atoms with van der Waals surface area (Å²) in [7, 11) is -3.15. The molecular weight excluding hydrogens is 290 g/mol. The lowest BCUT2D eigenvalue weighted by molar-refractivity contribution is 0.0945. The van der Waals surface area contributed by atoms with E-state index in [1.807, 2.05) is 6.07 Å². The Balaban J connectivity index is 2.30. The van der Waals surface area contributed by atoms with Gasteiger partial charge in [-0.05, 0) is 12.3 Å². The van der Waals surface area contributed by atoms with Gasteiger partial charge >= 0.3 is 0 Å². The number of fused-ring (bicyclic) bond motifs is 1. The number of nitrogens with one attached hydrogen (secondary N) is 1. The molecule has 2 aromatic rings. The van der Waals surface area contributed by atoms with E-state index in [4.69, 9.17) is 5.73 Å². The van der Waals surface area contributed by atoms with Gasteiger partial charge in [0.2, 0.25) is 0 Å². The van der Waals surface area contributed by atoms with Gasteiger partial charge in [0.15, 0.2) is 0 Å². The summed E-state index contributed by atoms with van der Waals surface area (Å²) in [5, 5.41) is 4.05. The molecule has 0 saturated carbocycles. The molecule has 0 saturated heterocycles. The highest BCUT2D eigenvalue weighted by Crippen LogP contribution is 2.22. The molecular formula is C14H17N3O3S. The monoisotopic (exact) mass is 307 g/mol. The maximum atomic E-state index is 12.3. The highest BCUT2D eigenvalue weighted by atomic mass is 32.2. The van der Waals surface area contributed by atoms with Crippen LogP contribution >= 0.6 is 0 Å². The van der Waals surface area contributed by atoms with Crippen molar-refractivity contribution in [1.82, 2.24) is 10.3 Å². The van der Waals surface area contributed by atoms with Gasteiger partial charge in [0.05, 0.1) is 11.3 Å². The van der Waals surface area contributed by atoms with Crippen LogP contribution in [0, 0.1) is 0 Å². The van der Waals surface area contributed by atoms with E-state index in [1.165, 1.54) is 6.20 Å². The average molecular weight is 307 g/mol. The lowest BCUT2D eigenvalue weighted by atomic mass is 10.1. The van der Waals surface area contributed by atoms with Gasteiger partial charge in [-0.1, -0.05) is 24.3 Å². The van der Waals surface area contributed by atoms with Gasteiger partial charge in [0, 0.05) is 23.9 Å². The van der Waals surface area contributed by atoms with E-state index in [2.05, 4.69) is 10.3 Å². The van der Waals surface area contributed by atoms with Gasteiger partial charge in [-0.15, -0.1) is 0 Å². The van der Waals surface area contributed by atoms with Gasteiger partial charge in [-0.2, -0.15) is 0 Å². The molecule has 1 aromatic carbocycles. The number of hydrogen-bond acceptors (Lipinski definition) is 5. The Morgan fingerprint density at radius 3 is 2.57 bits per heavy atom. The first kappa shape index (κ1) is 15.2. The van der Waals surface area contributed by atoms with Gasteiger partial charge in [-0.3, -0.25) is 4.79 Å². The number of amides is 1. The van der Waals surface area contributed by atoms with E-state index in [0.29, 0.717) is 22.2 Å². The number of rotatable bonds is 4. The lowest BCUT2D eigenvalue weighted by Crippen LogP contribution is -2.37. The second-order valence-corrected chi connectivity index (χ2v) is 7.25. The van der Waals surface area contributed by atoms with Gasteiger partial charge < -0.3 is 11.1 Å². The number of sulfone groups is 1. The number of pyridine rings is 1. The van der Waals surface area contributed by atoms with Gasteiger partial charge in [-0.25, -0.2) is 13.4 Å². The second-order valence-electron chi connectivity index (χ2n) is 5.07. The van der Waals surface area contributed by atoms with E-state index in [-0.39, 0.29) is 11.7 Å². The van der Waals surface area contributed by atoms with E-state index >= 15 is 0 Å². The molecule has 112 valence electrons. The number of carbonyl (C=O) groups is 1. The van der Waals surface area contributed by atoms with Crippen molar-refractivity contribution < 1.29 is 13.2 Å². The number of benzene rings is 1. The predicted molar refractivity (Wildman–Crippen MR) is 82.8 cm³/mol. The van der Waals surface area contributed by atoms with Crippen LogP contribution in [0.2, 0.25) is 0 Å². The molecule has 0 spiro atoms. The molecule has 6 nitrogen and oxygen atoms in total. The van der Waals surface area contributed by atoms with Crippen LogP contribution in [0.3, 0.4) is 0 Å². The molecule has 21 heavy (non-hydrogen) atoms. The van der Waals surface area contributed by atoms with E-state index in [9.17, 15) is 13.2 Å². The number of hydrogen-bond donors (Lipinski definition) is 2. The minimum atomic E-state index is -3.15. The molecule has 3 N–H and O–H groups in total. The maximum absolute atomic E-state index is 12.3. The van der Waals surface area contributed by atoms with Crippen LogP contribution in [0.5, 0.6) is 0 Å². The number of anilines is 1. The van der Waals surface area contributed by atoms with Crippen LogP contribution < -0.4 is 11.1 Å². The van der Waals surface area contributed by atoms with Crippen LogP contribution in [0.25, 0.3) is 10.8 Å². The van der Waals surface area contributed by atoms with E-state index < -0.39 is 15.9 Å². The lowest BCUT2D eigenvalue weighted by Gasteiger charge is -2.14. The summed E-state index contributed by atoms with van der Waals surface area (Å²) in [5.74, 6) is -0.125. The van der Waals surface area contributed by atoms with Crippen LogP contribution in [0.1, 0.15) is 17.3 Å². The Morgan fingerprint density at radius 2 is 1.95 bits per heavy atom. The highest BCUT2D eigenvalue weighted by molar-refractivity contribution is 7.90. The fraction of sp³-hybridized carbons (Fsp3) is 0.286. The third kappa shape index (κ3) is 3.69. The van der Waals surface area contributed by atoms with Crippen molar-refractivity contribution in [3.05, 3.63) is 36.0 Å². The van der Waals surface area contributed by atoms with Crippen LogP contribution in [0.15, 0.2) is 30.5 Å². The minimum absolute atomic E-state index is 0.112. The van der Waals surface area contributed by atoms with Crippen LogP contribution in [-0.2, 0) is 9.84 Å². The normalized spacial score (nSPS) is 13.0. The molecule has 0 bridgehead atoms. The Labute approximate surface area is 123 Å². The summed E-state index contributed by atoms with van der Waals surface area (Å²) in [6.45, 7) is 1.64. The van der Waals surface area contributed by atoms with Crippen LogP contribution in [-0.4, -0.2) is 37.4 Å². The molecule has 0 aliphatic carbocycles. The Bertz CT molecular complexity index is 787. The molecule has 1 unspecified atom stereocenters. The van der Waals surface area contributed by atoms with Crippen molar-refractivity contribution in [2.75, 3.05) is 17.7 Å². The third-order valence-electron chi connectivity index (χ3n) is 3.00. The Hall–Kier alpha value is -2.15. The average Bonchev–Trinajstić information content (AvgIpc) is 2.37. The summed E-state index contributed by atoms with van der Waals surface area (Å²) in [4.78, 5) is 16.3. The molecule has 0 radical (unpaired) electrons. The smallest absolute Gasteiger partial charge is 0.253 e. The fourth-order valence-electron chi connectivity index (χ4n) is 2.19. The summed E-state index contributed by atoms with van der Waals surface area (Å²) in [6.07, 6.45) is 2.54. The molecule has 1 atom stereocenters. The first-order valence-electron chi connectivity index (χ1n) is 6.40. The topological polar surface area (TPSA) is 102 Å². The van der Waals surface area contributed by atoms with Crippen molar-refractivity contribution >= 4 is 32.3 Å². The molecule has 1 heterocycles. The molecule has 2 rings (SSSR count). The van der Waals surface area contributed by atoms with E-state index in [0.717, 1.165) is 6.26 Å². The quantitative estimate of drug-likeness (QED) is 0.876. The number of nitrogens with two attached hydrogens (primary N) is 1. The maximum Gasteiger partial charge on any atom is 0.253 e. The fourth-order valence-corrected chi connectivity index (χ4v) is 3.18. The van der Waals surface area contributed by atoms with Crippen LogP contribution in [0.4, 0.5) is 5.82 Å². The van der Waals surface area contributed by atoms with Gasteiger partial charge in [0.25, 0.3) is 5.91 Å². The van der Waals surface area contributed by atoms with Crippen molar-refractivity contribution in [3.8, 4) is 0 Å². The summed E-state index contributed by atoms with van der Waals surface area (Å²) >= 11 is 0. The molecule has 1 aromatic heterocycles. The Morgan fingerprint density at radius 1 is 1.33 bits per heavy atom. The first-order valence-corrected chi connectivity index (χ1v) is 8.46. The standard InChI is InChI=1S/C14H17N3O3S/c1-9(8-21(2,19)20)17-14(18)12-7-16-13(15)11-6-4-3-5-10(11)12/h3-7,9H,8H2,1-2H3,(H2,15,16)(H,17,18). The zero-order chi connectivity index (χ0) is 15.6. The Kier molecular flexibility index (Phi) is 4.13.